The number of benzene rings is 2. The van der Waals surface area contributed by atoms with Crippen molar-refractivity contribution in [2.45, 2.75) is 19.8 Å². The maximum atomic E-state index is 11.9. The van der Waals surface area contributed by atoms with Gasteiger partial charge in [0.1, 0.15) is 0 Å². The topological polar surface area (TPSA) is 26.3 Å². The minimum absolute atomic E-state index is 0.174. The number of methoxy groups -OCH3 is 1. The summed E-state index contributed by atoms with van der Waals surface area (Å²) in [5.74, 6) is -0.165. The van der Waals surface area contributed by atoms with E-state index >= 15 is 0 Å². The number of esters is 1. The molecule has 104 valence electrons. The van der Waals surface area contributed by atoms with E-state index in [2.05, 4.69) is 24.3 Å². The van der Waals surface area contributed by atoms with Gasteiger partial charge in [-0.25, -0.2) is 0 Å². The van der Waals surface area contributed by atoms with Gasteiger partial charge < -0.3 is 4.74 Å². The van der Waals surface area contributed by atoms with E-state index in [-0.39, 0.29) is 17.8 Å². The van der Waals surface area contributed by atoms with Crippen molar-refractivity contribution in [1.82, 2.24) is 0 Å². The molecular weight excluding hydrogens is 248 g/mol. The van der Waals surface area contributed by atoms with E-state index in [9.17, 15) is 4.79 Å². The summed E-state index contributed by atoms with van der Waals surface area (Å²) >= 11 is 0. The van der Waals surface area contributed by atoms with Crippen LogP contribution in [-0.2, 0) is 9.53 Å². The van der Waals surface area contributed by atoms with Crippen molar-refractivity contribution in [2.75, 3.05) is 7.11 Å². The normalized spacial score (nSPS) is 12.2. The third-order valence-electron chi connectivity index (χ3n) is 3.50. The first-order valence-electron chi connectivity index (χ1n) is 6.86. The van der Waals surface area contributed by atoms with Gasteiger partial charge >= 0.3 is 5.97 Å². The van der Waals surface area contributed by atoms with Crippen LogP contribution in [0, 0.1) is 5.92 Å². The van der Waals surface area contributed by atoms with Gasteiger partial charge in [-0.2, -0.15) is 0 Å². The predicted octanol–water partition coefficient (Wildman–Crippen LogP) is 4.27. The average Bonchev–Trinajstić information content (AvgIpc) is 2.48. The molecule has 1 unspecified atom stereocenters. The highest BCUT2D eigenvalue weighted by Gasteiger charge is 2.24. The molecule has 0 spiro atoms. The van der Waals surface area contributed by atoms with E-state index in [1.807, 2.05) is 44.2 Å². The van der Waals surface area contributed by atoms with Gasteiger partial charge in [0.15, 0.2) is 0 Å². The quantitative estimate of drug-likeness (QED) is 0.774. The van der Waals surface area contributed by atoms with Gasteiger partial charge in [-0.3, -0.25) is 4.79 Å². The van der Waals surface area contributed by atoms with Crippen LogP contribution in [0.1, 0.15) is 25.3 Å². The molecule has 0 N–H and O–H groups in total. The summed E-state index contributed by atoms with van der Waals surface area (Å²) in [6, 6.07) is 18.4. The van der Waals surface area contributed by atoms with Crippen molar-refractivity contribution in [1.29, 1.82) is 0 Å². The zero-order chi connectivity index (χ0) is 14.5. The average molecular weight is 268 g/mol. The van der Waals surface area contributed by atoms with Crippen LogP contribution in [0.4, 0.5) is 0 Å². The summed E-state index contributed by atoms with van der Waals surface area (Å²) in [4.78, 5) is 11.9. The van der Waals surface area contributed by atoms with Crippen molar-refractivity contribution in [3.8, 4) is 11.1 Å². The maximum absolute atomic E-state index is 11.9. The minimum atomic E-state index is -0.204. The molecule has 1 atom stereocenters. The number of hydrogen-bond donors (Lipinski definition) is 0. The molecule has 2 aromatic rings. The molecule has 2 rings (SSSR count). The van der Waals surface area contributed by atoms with Gasteiger partial charge in [0.05, 0.1) is 13.0 Å². The van der Waals surface area contributed by atoms with Crippen LogP contribution in [0.3, 0.4) is 0 Å². The minimum Gasteiger partial charge on any atom is -0.469 e. The first-order chi connectivity index (χ1) is 9.63. The van der Waals surface area contributed by atoms with Crippen LogP contribution < -0.4 is 0 Å². The van der Waals surface area contributed by atoms with Gasteiger partial charge in [0.2, 0.25) is 0 Å². The van der Waals surface area contributed by atoms with Gasteiger partial charge in [0.25, 0.3) is 0 Å². The number of rotatable bonds is 4. The lowest BCUT2D eigenvalue weighted by atomic mass is 9.87. The standard InChI is InChI=1S/C18H20O2/c1-13(2)17(18(19)20-3)16-11-9-15(10-12-16)14-7-5-4-6-8-14/h4-13,17H,1-3H3. The number of carbonyl (C=O) groups excluding carboxylic acids is 1. The lowest BCUT2D eigenvalue weighted by molar-refractivity contribution is -0.143. The van der Waals surface area contributed by atoms with Crippen LogP contribution in [0.2, 0.25) is 0 Å². The Kier molecular flexibility index (Phi) is 4.57. The molecule has 0 aliphatic carbocycles. The Labute approximate surface area is 120 Å². The number of hydrogen-bond acceptors (Lipinski definition) is 2. The molecule has 2 heteroatoms. The van der Waals surface area contributed by atoms with Crippen molar-refractivity contribution in [2.24, 2.45) is 5.92 Å². The van der Waals surface area contributed by atoms with E-state index < -0.39 is 0 Å². The lowest BCUT2D eigenvalue weighted by Crippen LogP contribution is -2.19. The zero-order valence-electron chi connectivity index (χ0n) is 12.2. The highest BCUT2D eigenvalue weighted by atomic mass is 16.5. The molecule has 0 aliphatic heterocycles. The predicted molar refractivity (Wildman–Crippen MR) is 81.5 cm³/mol. The second-order valence-electron chi connectivity index (χ2n) is 5.23. The number of carbonyl (C=O) groups is 1. The molecule has 0 amide bonds. The van der Waals surface area contributed by atoms with Crippen LogP contribution in [0.25, 0.3) is 11.1 Å². The Bertz CT molecular complexity index is 556. The van der Waals surface area contributed by atoms with Crippen molar-refractivity contribution < 1.29 is 9.53 Å². The molecule has 0 radical (unpaired) electrons. The summed E-state index contributed by atoms with van der Waals surface area (Å²) in [7, 11) is 1.44. The Morgan fingerprint density at radius 2 is 1.45 bits per heavy atom. The molecular formula is C18H20O2. The smallest absolute Gasteiger partial charge is 0.313 e. The molecule has 0 bridgehead atoms. The second kappa shape index (κ2) is 6.38. The largest absolute Gasteiger partial charge is 0.469 e. The highest BCUT2D eigenvalue weighted by molar-refractivity contribution is 5.78. The third-order valence-corrected chi connectivity index (χ3v) is 3.50. The van der Waals surface area contributed by atoms with Gasteiger partial charge in [0, 0.05) is 0 Å². The summed E-state index contributed by atoms with van der Waals surface area (Å²) in [5.41, 5.74) is 3.34. The van der Waals surface area contributed by atoms with Crippen molar-refractivity contribution in [3.05, 3.63) is 60.2 Å². The molecule has 0 aliphatic rings. The number of ether oxygens (including phenoxy) is 1. The summed E-state index contributed by atoms with van der Waals surface area (Å²) in [6.45, 7) is 4.07. The van der Waals surface area contributed by atoms with E-state index in [1.165, 1.54) is 12.7 Å². The maximum Gasteiger partial charge on any atom is 0.313 e. The molecule has 0 heterocycles. The molecule has 2 nitrogen and oxygen atoms in total. The Morgan fingerprint density at radius 1 is 0.900 bits per heavy atom. The summed E-state index contributed by atoms with van der Waals surface area (Å²) in [6.07, 6.45) is 0. The van der Waals surface area contributed by atoms with E-state index in [0.29, 0.717) is 0 Å². The van der Waals surface area contributed by atoms with Gasteiger partial charge in [-0.1, -0.05) is 68.4 Å². The molecule has 0 fully saturated rings. The lowest BCUT2D eigenvalue weighted by Gasteiger charge is -2.19. The zero-order valence-corrected chi connectivity index (χ0v) is 12.2. The highest BCUT2D eigenvalue weighted by Crippen LogP contribution is 2.28. The Morgan fingerprint density at radius 3 is 1.95 bits per heavy atom. The first-order valence-corrected chi connectivity index (χ1v) is 6.86. The molecule has 0 saturated carbocycles. The molecule has 20 heavy (non-hydrogen) atoms. The first kappa shape index (κ1) is 14.3. The molecule has 0 saturated heterocycles. The Balaban J connectivity index is 2.29. The summed E-state index contributed by atoms with van der Waals surface area (Å²) in [5, 5.41) is 0. The van der Waals surface area contributed by atoms with E-state index in [1.54, 1.807) is 0 Å². The van der Waals surface area contributed by atoms with E-state index in [4.69, 9.17) is 4.74 Å². The van der Waals surface area contributed by atoms with Gasteiger partial charge in [-0.05, 0) is 22.6 Å². The van der Waals surface area contributed by atoms with Crippen molar-refractivity contribution in [3.63, 3.8) is 0 Å². The van der Waals surface area contributed by atoms with Crippen LogP contribution in [0.5, 0.6) is 0 Å². The Hall–Kier alpha value is -2.09. The molecule has 2 aromatic carbocycles. The third kappa shape index (κ3) is 3.08. The van der Waals surface area contributed by atoms with E-state index in [0.717, 1.165) is 11.1 Å². The van der Waals surface area contributed by atoms with Gasteiger partial charge in [-0.15, -0.1) is 0 Å². The fourth-order valence-electron chi connectivity index (χ4n) is 2.43. The molecule has 0 aromatic heterocycles. The fraction of sp³-hybridized carbons (Fsp3) is 0.278. The summed E-state index contributed by atoms with van der Waals surface area (Å²) < 4.78 is 4.90. The fourth-order valence-corrected chi connectivity index (χ4v) is 2.43. The van der Waals surface area contributed by atoms with Crippen LogP contribution >= 0.6 is 0 Å². The monoisotopic (exact) mass is 268 g/mol. The van der Waals surface area contributed by atoms with Crippen molar-refractivity contribution >= 4 is 5.97 Å². The van der Waals surface area contributed by atoms with Crippen LogP contribution in [-0.4, -0.2) is 13.1 Å². The SMILES string of the molecule is COC(=O)C(c1ccc(-c2ccccc2)cc1)C(C)C. The van der Waals surface area contributed by atoms with Crippen LogP contribution in [0.15, 0.2) is 54.6 Å². The second-order valence-corrected chi connectivity index (χ2v) is 5.23.